The van der Waals surface area contributed by atoms with Crippen LogP contribution in [-0.2, 0) is 19.1 Å². The summed E-state index contributed by atoms with van der Waals surface area (Å²) in [6.07, 6.45) is 2.15. The largest absolute Gasteiger partial charge is 0.507 e. The average Bonchev–Trinajstić information content (AvgIpc) is 3.08. The standard InChI is InChI=1S/C34H33N3O9/c1-5-30(39)45-18-16-43-24-12-14-26(28(38)20-24)33-35-32(22-8-10-23(41-4)11-9-22)36-34(37-33)27-15-13-25(21-29(27)42-7-3)44-17-19-46-31(40)6-2/h5-6,8-15,20-21,38H,1-2,7,16-19H2,3-4H3. The second-order valence-corrected chi connectivity index (χ2v) is 9.24. The number of nitrogens with zero attached hydrogens (tertiary/aromatic N) is 3. The minimum absolute atomic E-state index is 0.0180. The summed E-state index contributed by atoms with van der Waals surface area (Å²) < 4.78 is 32.4. The van der Waals surface area contributed by atoms with Gasteiger partial charge in [-0.05, 0) is 55.5 Å². The number of hydrogen-bond acceptors (Lipinski definition) is 12. The normalized spacial score (nSPS) is 10.4. The van der Waals surface area contributed by atoms with Gasteiger partial charge in [-0.15, -0.1) is 0 Å². The van der Waals surface area contributed by atoms with Gasteiger partial charge in [0.15, 0.2) is 17.5 Å². The van der Waals surface area contributed by atoms with Crippen molar-refractivity contribution in [3.8, 4) is 62.9 Å². The Hall–Kier alpha value is -5.91. The fourth-order valence-electron chi connectivity index (χ4n) is 4.05. The minimum atomic E-state index is -0.554. The van der Waals surface area contributed by atoms with Crippen molar-refractivity contribution in [2.24, 2.45) is 0 Å². The quantitative estimate of drug-likeness (QED) is 0.0988. The number of benzene rings is 3. The smallest absolute Gasteiger partial charge is 0.330 e. The second kappa shape index (κ2) is 16.2. The number of rotatable bonds is 16. The van der Waals surface area contributed by atoms with E-state index in [4.69, 9.17) is 38.4 Å². The number of phenols is 1. The molecule has 0 atom stereocenters. The van der Waals surface area contributed by atoms with Crippen LogP contribution in [0.4, 0.5) is 0 Å². The molecule has 0 aliphatic carbocycles. The maximum absolute atomic E-state index is 11.3. The lowest BCUT2D eigenvalue weighted by Gasteiger charge is -2.14. The van der Waals surface area contributed by atoms with Crippen LogP contribution >= 0.6 is 0 Å². The van der Waals surface area contributed by atoms with Gasteiger partial charge in [0.05, 0.1) is 24.8 Å². The van der Waals surface area contributed by atoms with Gasteiger partial charge in [-0.1, -0.05) is 13.2 Å². The predicted molar refractivity (Wildman–Crippen MR) is 169 cm³/mol. The first-order chi connectivity index (χ1) is 22.3. The number of carbonyl (C=O) groups excluding carboxylic acids is 2. The van der Waals surface area contributed by atoms with Crippen LogP contribution in [0.15, 0.2) is 86.0 Å². The van der Waals surface area contributed by atoms with Crippen LogP contribution in [-0.4, -0.2) is 72.1 Å². The van der Waals surface area contributed by atoms with E-state index in [1.807, 2.05) is 19.1 Å². The number of ether oxygens (including phenoxy) is 6. The molecule has 4 aromatic rings. The average molecular weight is 628 g/mol. The third-order valence-corrected chi connectivity index (χ3v) is 6.21. The van der Waals surface area contributed by atoms with Crippen LogP contribution in [0.3, 0.4) is 0 Å². The van der Waals surface area contributed by atoms with E-state index in [9.17, 15) is 14.7 Å². The lowest BCUT2D eigenvalue weighted by molar-refractivity contribution is -0.139. The minimum Gasteiger partial charge on any atom is -0.507 e. The van der Waals surface area contributed by atoms with Crippen molar-refractivity contribution in [3.63, 3.8) is 0 Å². The lowest BCUT2D eigenvalue weighted by atomic mass is 10.1. The molecule has 0 radical (unpaired) electrons. The maximum atomic E-state index is 11.3. The molecule has 0 fully saturated rings. The summed E-state index contributed by atoms with van der Waals surface area (Å²) in [6.45, 7) is 9.19. The van der Waals surface area contributed by atoms with E-state index in [1.165, 1.54) is 6.07 Å². The molecular weight excluding hydrogens is 594 g/mol. The maximum Gasteiger partial charge on any atom is 0.330 e. The van der Waals surface area contributed by atoms with Crippen LogP contribution in [0, 0.1) is 0 Å². The number of aromatic hydroxyl groups is 1. The van der Waals surface area contributed by atoms with Crippen molar-refractivity contribution in [2.45, 2.75) is 6.92 Å². The molecule has 12 heteroatoms. The van der Waals surface area contributed by atoms with E-state index in [0.29, 0.717) is 52.1 Å². The van der Waals surface area contributed by atoms with Crippen LogP contribution in [0.5, 0.6) is 28.7 Å². The van der Waals surface area contributed by atoms with Gasteiger partial charge in [-0.2, -0.15) is 0 Å². The number of carbonyl (C=O) groups is 2. The van der Waals surface area contributed by atoms with E-state index in [0.717, 1.165) is 12.2 Å². The van der Waals surface area contributed by atoms with Crippen LogP contribution < -0.4 is 18.9 Å². The fourth-order valence-corrected chi connectivity index (χ4v) is 4.05. The molecule has 0 saturated heterocycles. The Balaban J connectivity index is 1.69. The molecule has 0 bridgehead atoms. The Morgan fingerprint density at radius 3 is 1.76 bits per heavy atom. The summed E-state index contributed by atoms with van der Waals surface area (Å²) in [4.78, 5) is 36.6. The summed E-state index contributed by atoms with van der Waals surface area (Å²) >= 11 is 0. The molecular formula is C34H33N3O9. The first-order valence-corrected chi connectivity index (χ1v) is 14.2. The van der Waals surface area contributed by atoms with Gasteiger partial charge < -0.3 is 33.5 Å². The molecule has 0 aliphatic rings. The highest BCUT2D eigenvalue weighted by Gasteiger charge is 2.18. The molecule has 1 N–H and O–H groups in total. The van der Waals surface area contributed by atoms with E-state index in [2.05, 4.69) is 18.1 Å². The molecule has 0 amide bonds. The number of phenolic OH excluding ortho intramolecular Hbond substituents is 1. The topological polar surface area (TPSA) is 148 Å². The monoisotopic (exact) mass is 627 g/mol. The molecule has 3 aromatic carbocycles. The molecule has 0 aliphatic heterocycles. The molecule has 0 saturated carbocycles. The van der Waals surface area contributed by atoms with E-state index in [-0.39, 0.29) is 43.8 Å². The van der Waals surface area contributed by atoms with Crippen LogP contribution in [0.2, 0.25) is 0 Å². The van der Waals surface area contributed by atoms with E-state index >= 15 is 0 Å². The highest BCUT2D eigenvalue weighted by molar-refractivity contribution is 5.81. The van der Waals surface area contributed by atoms with E-state index < -0.39 is 11.9 Å². The van der Waals surface area contributed by atoms with Crippen molar-refractivity contribution in [2.75, 3.05) is 40.1 Å². The number of hydrogen-bond donors (Lipinski definition) is 1. The van der Waals surface area contributed by atoms with Gasteiger partial charge in [-0.25, -0.2) is 24.5 Å². The van der Waals surface area contributed by atoms with Gasteiger partial charge in [0.25, 0.3) is 0 Å². The zero-order valence-corrected chi connectivity index (χ0v) is 25.4. The molecule has 238 valence electrons. The van der Waals surface area contributed by atoms with Gasteiger partial charge in [0, 0.05) is 29.8 Å². The molecule has 0 unspecified atom stereocenters. The van der Waals surface area contributed by atoms with Gasteiger partial charge >= 0.3 is 11.9 Å². The van der Waals surface area contributed by atoms with Gasteiger partial charge in [0.2, 0.25) is 0 Å². The highest BCUT2D eigenvalue weighted by Crippen LogP contribution is 2.36. The number of esters is 2. The van der Waals surface area contributed by atoms with Gasteiger partial charge in [0.1, 0.15) is 55.2 Å². The van der Waals surface area contributed by atoms with Gasteiger partial charge in [-0.3, -0.25) is 0 Å². The summed E-state index contributed by atoms with van der Waals surface area (Å²) in [7, 11) is 1.58. The third kappa shape index (κ3) is 8.82. The van der Waals surface area contributed by atoms with Crippen molar-refractivity contribution < 1.29 is 43.1 Å². The van der Waals surface area contributed by atoms with Crippen molar-refractivity contribution in [1.82, 2.24) is 15.0 Å². The van der Waals surface area contributed by atoms with Crippen molar-refractivity contribution in [1.29, 1.82) is 0 Å². The van der Waals surface area contributed by atoms with Crippen molar-refractivity contribution >= 4 is 11.9 Å². The zero-order chi connectivity index (χ0) is 32.9. The molecule has 1 heterocycles. The fraction of sp³-hybridized carbons (Fsp3) is 0.206. The molecule has 46 heavy (non-hydrogen) atoms. The lowest BCUT2D eigenvalue weighted by Crippen LogP contribution is -2.10. The zero-order valence-electron chi connectivity index (χ0n) is 25.4. The van der Waals surface area contributed by atoms with Crippen LogP contribution in [0.1, 0.15) is 6.92 Å². The number of methoxy groups -OCH3 is 1. The summed E-state index contributed by atoms with van der Waals surface area (Å²) in [5, 5.41) is 11.0. The Morgan fingerprint density at radius 2 is 1.22 bits per heavy atom. The third-order valence-electron chi connectivity index (χ3n) is 6.21. The van der Waals surface area contributed by atoms with Crippen molar-refractivity contribution in [3.05, 3.63) is 86.0 Å². The molecule has 1 aromatic heterocycles. The second-order valence-electron chi connectivity index (χ2n) is 9.24. The first-order valence-electron chi connectivity index (χ1n) is 14.2. The predicted octanol–water partition coefficient (Wildman–Crippen LogP) is 5.20. The first kappa shape index (κ1) is 33.0. The SMILES string of the molecule is C=CC(=O)OCCOc1ccc(-c2nc(-c3ccc(OC)cc3)nc(-c3ccc(OCCOC(=O)C=C)cc3OCC)n2)c(O)c1. The summed E-state index contributed by atoms with van der Waals surface area (Å²) in [6, 6.07) is 17.1. The highest BCUT2D eigenvalue weighted by atomic mass is 16.6. The summed E-state index contributed by atoms with van der Waals surface area (Å²) in [5.74, 6) is 1.57. The van der Waals surface area contributed by atoms with E-state index in [1.54, 1.807) is 49.6 Å². The number of aromatic nitrogens is 3. The molecule has 0 spiro atoms. The Morgan fingerprint density at radius 1 is 0.696 bits per heavy atom. The molecule has 12 nitrogen and oxygen atoms in total. The molecule has 4 rings (SSSR count). The Bertz CT molecular complexity index is 1690. The summed E-state index contributed by atoms with van der Waals surface area (Å²) in [5.41, 5.74) is 1.57. The Kier molecular flexibility index (Phi) is 11.6. The van der Waals surface area contributed by atoms with Crippen LogP contribution in [0.25, 0.3) is 34.2 Å². The Labute approximate surface area is 265 Å².